The number of aliphatic carboxylic acids is 1. The molecule has 1 fully saturated rings. The smallest absolute Gasteiger partial charge is 0.303 e. The monoisotopic (exact) mass is 250 g/mol. The third kappa shape index (κ3) is 4.57. The Morgan fingerprint density at radius 1 is 1.33 bits per heavy atom. The second-order valence-electron chi connectivity index (χ2n) is 4.54. The maximum atomic E-state index is 10.4. The molecule has 3 N–H and O–H groups in total. The van der Waals surface area contributed by atoms with Crippen LogP contribution in [0.5, 0.6) is 0 Å². The molecule has 98 valence electrons. The largest absolute Gasteiger partial charge is 0.481 e. The van der Waals surface area contributed by atoms with E-state index in [-0.39, 0.29) is 6.42 Å². The zero-order valence-electron chi connectivity index (χ0n) is 10.2. The maximum absolute atomic E-state index is 10.4. The third-order valence-electron chi connectivity index (χ3n) is 2.81. The van der Waals surface area contributed by atoms with E-state index >= 15 is 0 Å². The van der Waals surface area contributed by atoms with Crippen molar-refractivity contribution in [3.05, 3.63) is 12.4 Å². The molecule has 1 heterocycles. The molecule has 6 heteroatoms. The topological polar surface area (TPSA) is 87.1 Å². The Bertz CT molecular complexity index is 407. The molecule has 0 bridgehead atoms. The van der Waals surface area contributed by atoms with Crippen molar-refractivity contribution in [2.75, 3.05) is 23.7 Å². The molecule has 1 aliphatic rings. The van der Waals surface area contributed by atoms with Gasteiger partial charge in [-0.1, -0.05) is 0 Å². The summed E-state index contributed by atoms with van der Waals surface area (Å²) in [4.78, 5) is 18.6. The van der Waals surface area contributed by atoms with Crippen molar-refractivity contribution in [2.45, 2.75) is 25.7 Å². The van der Waals surface area contributed by atoms with Crippen LogP contribution in [0.3, 0.4) is 0 Å². The predicted molar refractivity (Wildman–Crippen MR) is 68.6 cm³/mol. The molecule has 18 heavy (non-hydrogen) atoms. The van der Waals surface area contributed by atoms with Crippen molar-refractivity contribution in [3.63, 3.8) is 0 Å². The number of rotatable bonds is 8. The van der Waals surface area contributed by atoms with Gasteiger partial charge in [-0.3, -0.25) is 4.79 Å². The number of hydrogen-bond acceptors (Lipinski definition) is 5. The van der Waals surface area contributed by atoms with Gasteiger partial charge >= 0.3 is 5.97 Å². The van der Waals surface area contributed by atoms with E-state index in [4.69, 9.17) is 5.11 Å². The van der Waals surface area contributed by atoms with Crippen LogP contribution in [-0.4, -0.2) is 34.1 Å². The molecule has 0 atom stereocenters. The van der Waals surface area contributed by atoms with Gasteiger partial charge in [0, 0.05) is 25.6 Å². The van der Waals surface area contributed by atoms with Gasteiger partial charge in [-0.25, -0.2) is 9.97 Å². The first-order chi connectivity index (χ1) is 8.74. The Labute approximate surface area is 106 Å². The second-order valence-corrected chi connectivity index (χ2v) is 4.54. The molecule has 6 nitrogen and oxygen atoms in total. The molecule has 1 saturated carbocycles. The number of anilines is 2. The second kappa shape index (κ2) is 6.18. The highest BCUT2D eigenvalue weighted by atomic mass is 16.4. The average Bonchev–Trinajstić information content (AvgIpc) is 3.17. The Balaban J connectivity index is 1.73. The molecular weight excluding hydrogens is 232 g/mol. The van der Waals surface area contributed by atoms with E-state index in [9.17, 15) is 4.79 Å². The van der Waals surface area contributed by atoms with E-state index in [1.54, 1.807) is 0 Å². The van der Waals surface area contributed by atoms with Gasteiger partial charge in [0.1, 0.15) is 18.0 Å². The third-order valence-corrected chi connectivity index (χ3v) is 2.81. The molecule has 2 rings (SSSR count). The first kappa shape index (κ1) is 12.6. The Morgan fingerprint density at radius 3 is 2.72 bits per heavy atom. The van der Waals surface area contributed by atoms with Crippen molar-refractivity contribution < 1.29 is 9.90 Å². The van der Waals surface area contributed by atoms with Crippen LogP contribution in [-0.2, 0) is 4.79 Å². The number of carboxylic acids is 1. The van der Waals surface area contributed by atoms with Gasteiger partial charge in [-0.15, -0.1) is 0 Å². The lowest BCUT2D eigenvalue weighted by atomic mass is 10.3. The molecule has 1 aliphatic carbocycles. The van der Waals surface area contributed by atoms with Gasteiger partial charge in [0.2, 0.25) is 0 Å². The number of aromatic nitrogens is 2. The summed E-state index contributed by atoms with van der Waals surface area (Å²) in [6.07, 6.45) is 4.88. The van der Waals surface area contributed by atoms with Gasteiger partial charge in [0.25, 0.3) is 0 Å². The quantitative estimate of drug-likeness (QED) is 0.607. The van der Waals surface area contributed by atoms with Crippen LogP contribution in [0.1, 0.15) is 25.7 Å². The zero-order valence-corrected chi connectivity index (χ0v) is 10.2. The Morgan fingerprint density at radius 2 is 2.06 bits per heavy atom. The normalized spacial score (nSPS) is 14.2. The molecule has 0 saturated heterocycles. The van der Waals surface area contributed by atoms with E-state index in [0.29, 0.717) is 13.0 Å². The van der Waals surface area contributed by atoms with Gasteiger partial charge in [0.05, 0.1) is 0 Å². The van der Waals surface area contributed by atoms with Gasteiger partial charge in [0.15, 0.2) is 0 Å². The van der Waals surface area contributed by atoms with E-state index < -0.39 is 5.97 Å². The SMILES string of the molecule is O=C(O)CCCNc1cc(NCC2CC2)ncn1. The van der Waals surface area contributed by atoms with Crippen LogP contribution < -0.4 is 10.6 Å². The molecule has 0 aliphatic heterocycles. The van der Waals surface area contributed by atoms with E-state index in [1.165, 1.54) is 19.2 Å². The number of carboxylic acid groups (broad SMARTS) is 1. The fourth-order valence-electron chi connectivity index (χ4n) is 1.58. The van der Waals surface area contributed by atoms with Crippen molar-refractivity contribution in [2.24, 2.45) is 5.92 Å². The number of carbonyl (C=O) groups is 1. The van der Waals surface area contributed by atoms with Crippen molar-refractivity contribution in [3.8, 4) is 0 Å². The molecule has 1 aromatic heterocycles. The molecule has 0 spiro atoms. The van der Waals surface area contributed by atoms with Crippen LogP contribution in [0.4, 0.5) is 11.6 Å². The molecule has 0 amide bonds. The number of hydrogen-bond donors (Lipinski definition) is 3. The summed E-state index contributed by atoms with van der Waals surface area (Å²) in [5, 5.41) is 14.9. The minimum absolute atomic E-state index is 0.171. The zero-order chi connectivity index (χ0) is 12.8. The molecule has 0 aromatic carbocycles. The number of nitrogens with zero attached hydrogens (tertiary/aromatic N) is 2. The average molecular weight is 250 g/mol. The summed E-state index contributed by atoms with van der Waals surface area (Å²) in [5.74, 6) is 1.57. The fraction of sp³-hybridized carbons (Fsp3) is 0.583. The van der Waals surface area contributed by atoms with E-state index in [2.05, 4.69) is 20.6 Å². The minimum atomic E-state index is -0.772. The lowest BCUT2D eigenvalue weighted by Crippen LogP contribution is -2.08. The summed E-state index contributed by atoms with van der Waals surface area (Å²) in [6, 6.07) is 1.85. The molecule has 0 radical (unpaired) electrons. The lowest BCUT2D eigenvalue weighted by molar-refractivity contribution is -0.137. The molecule has 1 aromatic rings. The molecule has 0 unspecified atom stereocenters. The summed E-state index contributed by atoms with van der Waals surface area (Å²) in [7, 11) is 0. The lowest BCUT2D eigenvalue weighted by Gasteiger charge is -2.07. The van der Waals surface area contributed by atoms with Crippen LogP contribution in [0.25, 0.3) is 0 Å². The van der Waals surface area contributed by atoms with Crippen LogP contribution in [0, 0.1) is 5.92 Å². The van der Waals surface area contributed by atoms with Gasteiger partial charge in [-0.2, -0.15) is 0 Å². The van der Waals surface area contributed by atoms with E-state index in [0.717, 1.165) is 24.1 Å². The summed E-state index contributed by atoms with van der Waals surface area (Å²) in [6.45, 7) is 1.57. The predicted octanol–water partition coefficient (Wildman–Crippen LogP) is 1.58. The Kier molecular flexibility index (Phi) is 4.33. The highest BCUT2D eigenvalue weighted by Crippen LogP contribution is 2.28. The van der Waals surface area contributed by atoms with Crippen LogP contribution >= 0.6 is 0 Å². The minimum Gasteiger partial charge on any atom is -0.481 e. The maximum Gasteiger partial charge on any atom is 0.303 e. The van der Waals surface area contributed by atoms with Crippen molar-refractivity contribution in [1.82, 2.24) is 9.97 Å². The van der Waals surface area contributed by atoms with Gasteiger partial charge in [-0.05, 0) is 25.2 Å². The van der Waals surface area contributed by atoms with Gasteiger partial charge < -0.3 is 15.7 Å². The first-order valence-electron chi connectivity index (χ1n) is 6.25. The summed E-state index contributed by atoms with van der Waals surface area (Å²) >= 11 is 0. The van der Waals surface area contributed by atoms with Crippen LogP contribution in [0.2, 0.25) is 0 Å². The Hall–Kier alpha value is -1.85. The summed E-state index contributed by atoms with van der Waals surface area (Å²) < 4.78 is 0. The van der Waals surface area contributed by atoms with Crippen molar-refractivity contribution >= 4 is 17.6 Å². The first-order valence-corrected chi connectivity index (χ1v) is 6.25. The molecular formula is C12H18N4O2. The standard InChI is InChI=1S/C12H18N4O2/c17-12(18)2-1-5-13-10-6-11(16-8-15-10)14-7-9-3-4-9/h6,8-9H,1-5,7H2,(H,17,18)(H2,13,14,15,16). The fourth-order valence-corrected chi connectivity index (χ4v) is 1.58. The van der Waals surface area contributed by atoms with E-state index in [1.807, 2.05) is 6.07 Å². The highest BCUT2D eigenvalue weighted by Gasteiger charge is 2.20. The summed E-state index contributed by atoms with van der Waals surface area (Å²) in [5.41, 5.74) is 0. The highest BCUT2D eigenvalue weighted by molar-refractivity contribution is 5.66. The number of nitrogens with one attached hydrogen (secondary N) is 2. The van der Waals surface area contributed by atoms with Crippen LogP contribution in [0.15, 0.2) is 12.4 Å². The van der Waals surface area contributed by atoms with Crippen molar-refractivity contribution in [1.29, 1.82) is 0 Å².